The lowest BCUT2D eigenvalue weighted by Gasteiger charge is -2.37. The van der Waals surface area contributed by atoms with Crippen LogP contribution in [-0.4, -0.2) is 61.4 Å². The summed E-state index contributed by atoms with van der Waals surface area (Å²) in [5.74, 6) is 0.509. The SMILES string of the molecule is CC(C)C(=O)N1CCC([C@@H]2CN(S(=O)(=O)c3cccc(Cl)c3)C[C@H]2CO)CC1. The van der Waals surface area contributed by atoms with E-state index in [4.69, 9.17) is 11.6 Å². The van der Waals surface area contributed by atoms with Gasteiger partial charge in [-0.1, -0.05) is 31.5 Å². The molecule has 6 nitrogen and oxygen atoms in total. The average molecular weight is 429 g/mol. The van der Waals surface area contributed by atoms with E-state index in [0.29, 0.717) is 37.1 Å². The number of hydrogen-bond acceptors (Lipinski definition) is 4. The van der Waals surface area contributed by atoms with Crippen molar-refractivity contribution in [3.8, 4) is 0 Å². The zero-order valence-corrected chi connectivity index (χ0v) is 18.0. The van der Waals surface area contributed by atoms with Gasteiger partial charge in [0.15, 0.2) is 0 Å². The highest BCUT2D eigenvalue weighted by Gasteiger charge is 2.43. The number of carbonyl (C=O) groups excluding carboxylic acids is 1. The van der Waals surface area contributed by atoms with Crippen molar-refractivity contribution in [2.75, 3.05) is 32.8 Å². The molecule has 0 aromatic heterocycles. The van der Waals surface area contributed by atoms with Gasteiger partial charge in [0.25, 0.3) is 0 Å². The topological polar surface area (TPSA) is 77.9 Å². The molecule has 1 amide bonds. The predicted octanol–water partition coefficient (Wildman–Crippen LogP) is 2.46. The molecule has 2 heterocycles. The molecule has 156 valence electrons. The Balaban J connectivity index is 1.70. The second kappa shape index (κ2) is 8.69. The maximum atomic E-state index is 13.0. The van der Waals surface area contributed by atoms with Gasteiger partial charge in [0.2, 0.25) is 15.9 Å². The number of piperidine rings is 1. The zero-order chi connectivity index (χ0) is 20.5. The van der Waals surface area contributed by atoms with Gasteiger partial charge in [-0.2, -0.15) is 4.31 Å². The molecule has 2 fully saturated rings. The number of benzene rings is 1. The number of nitrogens with zero attached hydrogens (tertiary/aromatic N) is 2. The maximum Gasteiger partial charge on any atom is 0.243 e. The molecule has 2 aliphatic heterocycles. The number of amides is 1. The highest BCUT2D eigenvalue weighted by Crippen LogP contribution is 2.38. The van der Waals surface area contributed by atoms with Crippen molar-refractivity contribution >= 4 is 27.5 Å². The van der Waals surface area contributed by atoms with Crippen LogP contribution >= 0.6 is 11.6 Å². The first kappa shape index (κ1) is 21.6. The van der Waals surface area contributed by atoms with Crippen molar-refractivity contribution in [1.29, 1.82) is 0 Å². The minimum absolute atomic E-state index is 0.00782. The van der Waals surface area contributed by atoms with Crippen molar-refractivity contribution < 1.29 is 18.3 Å². The Labute approximate surface area is 172 Å². The Morgan fingerprint density at radius 1 is 1.25 bits per heavy atom. The Bertz CT molecular complexity index is 806. The molecule has 0 bridgehead atoms. The molecule has 8 heteroatoms. The van der Waals surface area contributed by atoms with Crippen LogP contribution in [0, 0.1) is 23.7 Å². The minimum atomic E-state index is -3.64. The molecule has 0 saturated carbocycles. The molecule has 0 unspecified atom stereocenters. The number of sulfonamides is 1. The number of carbonyl (C=O) groups is 1. The summed E-state index contributed by atoms with van der Waals surface area (Å²) in [4.78, 5) is 14.3. The van der Waals surface area contributed by atoms with Crippen LogP contribution < -0.4 is 0 Å². The number of rotatable bonds is 5. The van der Waals surface area contributed by atoms with Crippen molar-refractivity contribution in [3.05, 3.63) is 29.3 Å². The zero-order valence-electron chi connectivity index (χ0n) is 16.4. The monoisotopic (exact) mass is 428 g/mol. The summed E-state index contributed by atoms with van der Waals surface area (Å²) < 4.78 is 27.5. The van der Waals surface area contributed by atoms with Crippen LogP contribution in [0.1, 0.15) is 26.7 Å². The van der Waals surface area contributed by atoms with Gasteiger partial charge in [-0.15, -0.1) is 0 Å². The van der Waals surface area contributed by atoms with Crippen molar-refractivity contribution in [1.82, 2.24) is 9.21 Å². The molecule has 28 heavy (non-hydrogen) atoms. The summed E-state index contributed by atoms with van der Waals surface area (Å²) >= 11 is 5.97. The van der Waals surface area contributed by atoms with Gasteiger partial charge < -0.3 is 10.0 Å². The van der Waals surface area contributed by atoms with E-state index in [1.165, 1.54) is 10.4 Å². The third-order valence-corrected chi connectivity index (χ3v) is 8.14. The maximum absolute atomic E-state index is 13.0. The van der Waals surface area contributed by atoms with Crippen molar-refractivity contribution in [3.63, 3.8) is 0 Å². The van der Waals surface area contributed by atoms with E-state index in [1.807, 2.05) is 18.7 Å². The molecule has 0 radical (unpaired) electrons. The Morgan fingerprint density at radius 2 is 1.93 bits per heavy atom. The summed E-state index contributed by atoms with van der Waals surface area (Å²) in [5.41, 5.74) is 0. The first-order valence-corrected chi connectivity index (χ1v) is 11.7. The van der Waals surface area contributed by atoms with Crippen molar-refractivity contribution in [2.45, 2.75) is 31.6 Å². The second-order valence-corrected chi connectivity index (χ2v) is 10.6. The van der Waals surface area contributed by atoms with Gasteiger partial charge in [0.1, 0.15) is 0 Å². The number of likely N-dealkylation sites (tertiary alicyclic amines) is 1. The summed E-state index contributed by atoms with van der Waals surface area (Å²) in [5, 5.41) is 10.3. The smallest absolute Gasteiger partial charge is 0.243 e. The van der Waals surface area contributed by atoms with Gasteiger partial charge in [-0.25, -0.2) is 8.42 Å². The number of aliphatic hydroxyl groups is 1. The average Bonchev–Trinajstić information content (AvgIpc) is 3.12. The summed E-state index contributed by atoms with van der Waals surface area (Å²) in [6.07, 6.45) is 1.70. The number of hydrogen-bond donors (Lipinski definition) is 1. The lowest BCUT2D eigenvalue weighted by molar-refractivity contribution is -0.136. The molecule has 2 atom stereocenters. The fourth-order valence-electron chi connectivity index (χ4n) is 4.47. The summed E-state index contributed by atoms with van der Waals surface area (Å²) in [6, 6.07) is 6.30. The first-order valence-electron chi connectivity index (χ1n) is 9.89. The highest BCUT2D eigenvalue weighted by molar-refractivity contribution is 7.89. The molecular weight excluding hydrogens is 400 g/mol. The van der Waals surface area contributed by atoms with E-state index in [-0.39, 0.29) is 35.2 Å². The molecule has 3 rings (SSSR count). The van der Waals surface area contributed by atoms with Crippen molar-refractivity contribution in [2.24, 2.45) is 23.7 Å². The molecule has 0 aliphatic carbocycles. The highest BCUT2D eigenvalue weighted by atomic mass is 35.5. The van der Waals surface area contributed by atoms with Crippen LogP contribution in [-0.2, 0) is 14.8 Å². The van der Waals surface area contributed by atoms with E-state index in [1.54, 1.807) is 18.2 Å². The quantitative estimate of drug-likeness (QED) is 0.781. The Morgan fingerprint density at radius 3 is 2.50 bits per heavy atom. The third-order valence-electron chi connectivity index (χ3n) is 6.08. The third kappa shape index (κ3) is 4.37. The standard InChI is InChI=1S/C20H29ClN2O4S/c1-14(2)20(25)22-8-6-15(7-9-22)19-12-23(11-16(19)13-24)28(26,27)18-5-3-4-17(21)10-18/h3-5,10,14-16,19,24H,6-9,11-13H2,1-2H3/t16-,19-/m0/s1. The van der Waals surface area contributed by atoms with Crippen LogP contribution in [0.15, 0.2) is 29.2 Å². The molecule has 2 saturated heterocycles. The minimum Gasteiger partial charge on any atom is -0.396 e. The fourth-order valence-corrected chi connectivity index (χ4v) is 6.30. The number of aliphatic hydroxyl groups excluding tert-OH is 1. The van der Waals surface area contributed by atoms with Gasteiger partial charge in [-0.3, -0.25) is 4.79 Å². The van der Waals surface area contributed by atoms with Crippen LogP contribution in [0.25, 0.3) is 0 Å². The van der Waals surface area contributed by atoms with E-state index in [9.17, 15) is 18.3 Å². The fraction of sp³-hybridized carbons (Fsp3) is 0.650. The summed E-state index contributed by atoms with van der Waals surface area (Å²) in [6.45, 7) is 5.92. The lowest BCUT2D eigenvalue weighted by Crippen LogP contribution is -2.43. The normalized spacial score (nSPS) is 24.8. The molecule has 1 N–H and O–H groups in total. The Kier molecular flexibility index (Phi) is 6.69. The molecule has 2 aliphatic rings. The molecular formula is C20H29ClN2O4S. The van der Waals surface area contributed by atoms with Gasteiger partial charge in [0, 0.05) is 49.6 Å². The predicted molar refractivity (Wildman–Crippen MR) is 108 cm³/mol. The van der Waals surface area contributed by atoms with Gasteiger partial charge in [-0.05, 0) is 42.9 Å². The van der Waals surface area contributed by atoms with E-state index in [2.05, 4.69) is 0 Å². The van der Waals surface area contributed by atoms with E-state index < -0.39 is 10.0 Å². The molecule has 0 spiro atoms. The first-order chi connectivity index (χ1) is 13.2. The van der Waals surface area contributed by atoms with E-state index >= 15 is 0 Å². The van der Waals surface area contributed by atoms with Gasteiger partial charge in [0.05, 0.1) is 4.90 Å². The van der Waals surface area contributed by atoms with Crippen LogP contribution in [0.5, 0.6) is 0 Å². The van der Waals surface area contributed by atoms with Crippen LogP contribution in [0.4, 0.5) is 0 Å². The lowest BCUT2D eigenvalue weighted by atomic mass is 9.78. The number of halogens is 1. The molecule has 1 aromatic carbocycles. The molecule has 1 aromatic rings. The van der Waals surface area contributed by atoms with Gasteiger partial charge >= 0.3 is 0 Å². The Hall–Kier alpha value is -1.15. The van der Waals surface area contributed by atoms with Crippen LogP contribution in [0.3, 0.4) is 0 Å². The second-order valence-electron chi connectivity index (χ2n) is 8.20. The van der Waals surface area contributed by atoms with Crippen LogP contribution in [0.2, 0.25) is 5.02 Å². The summed E-state index contributed by atoms with van der Waals surface area (Å²) in [7, 11) is -3.64. The van der Waals surface area contributed by atoms with E-state index in [0.717, 1.165) is 12.8 Å². The largest absolute Gasteiger partial charge is 0.396 e.